The van der Waals surface area contributed by atoms with Gasteiger partial charge in [-0.3, -0.25) is 0 Å². The zero-order valence-corrected chi connectivity index (χ0v) is 11.3. The average molecular weight is 261 g/mol. The van der Waals surface area contributed by atoms with E-state index in [9.17, 15) is 0 Å². The first-order chi connectivity index (χ1) is 8.72. The van der Waals surface area contributed by atoms with Gasteiger partial charge in [-0.2, -0.15) is 0 Å². The second-order valence-corrected chi connectivity index (χ2v) is 5.66. The molecule has 0 bridgehead atoms. The van der Waals surface area contributed by atoms with Crippen molar-refractivity contribution >= 4 is 11.6 Å². The number of benzene rings is 1. The number of rotatable bonds is 2. The third kappa shape index (κ3) is 2.30. The molecule has 0 fully saturated rings. The minimum atomic E-state index is 0.760. The fourth-order valence-electron chi connectivity index (χ4n) is 2.60. The average Bonchev–Trinajstić information content (AvgIpc) is 2.75. The highest BCUT2D eigenvalue weighted by molar-refractivity contribution is 6.30. The number of aryl methyl sites for hydroxylation is 1. The zero-order valence-electron chi connectivity index (χ0n) is 10.6. The van der Waals surface area contributed by atoms with Crippen LogP contribution in [-0.2, 0) is 19.4 Å². The summed E-state index contributed by atoms with van der Waals surface area (Å²) in [6.45, 7) is 3.42. The number of nitrogens with zero attached hydrogens (tertiary/aromatic N) is 2. The van der Waals surface area contributed by atoms with E-state index in [2.05, 4.69) is 28.6 Å². The first kappa shape index (κ1) is 11.8. The molecule has 0 N–H and O–H groups in total. The summed E-state index contributed by atoms with van der Waals surface area (Å²) in [6, 6.07) is 8.05. The molecule has 1 aromatic heterocycles. The molecule has 2 heterocycles. The van der Waals surface area contributed by atoms with Crippen LogP contribution >= 0.6 is 11.6 Å². The van der Waals surface area contributed by atoms with E-state index in [0.29, 0.717) is 0 Å². The number of halogens is 1. The molecule has 2 nitrogen and oxygen atoms in total. The van der Waals surface area contributed by atoms with Crippen LogP contribution in [0.3, 0.4) is 0 Å². The molecule has 3 rings (SSSR count). The van der Waals surface area contributed by atoms with Crippen LogP contribution in [0.1, 0.15) is 30.4 Å². The van der Waals surface area contributed by atoms with Crippen molar-refractivity contribution in [3.05, 3.63) is 52.6 Å². The van der Waals surface area contributed by atoms with Gasteiger partial charge in [-0.15, -0.1) is 0 Å². The summed E-state index contributed by atoms with van der Waals surface area (Å²) in [5.74, 6) is 1.94. The van der Waals surface area contributed by atoms with Crippen molar-refractivity contribution in [2.75, 3.05) is 0 Å². The van der Waals surface area contributed by atoms with Gasteiger partial charge in [0.2, 0.25) is 0 Å². The minimum absolute atomic E-state index is 0.760. The highest BCUT2D eigenvalue weighted by Gasteiger charge is 2.18. The highest BCUT2D eigenvalue weighted by atomic mass is 35.5. The Morgan fingerprint density at radius 3 is 2.89 bits per heavy atom. The van der Waals surface area contributed by atoms with Crippen LogP contribution in [0.5, 0.6) is 0 Å². The van der Waals surface area contributed by atoms with Crippen LogP contribution in [0.4, 0.5) is 0 Å². The molecule has 0 aliphatic carbocycles. The number of hydrogen-bond acceptors (Lipinski definition) is 1. The number of hydrogen-bond donors (Lipinski definition) is 0. The van der Waals surface area contributed by atoms with Crippen LogP contribution in [-0.4, -0.2) is 9.55 Å². The normalized spacial score (nSPS) is 18.7. The second kappa shape index (κ2) is 4.77. The lowest BCUT2D eigenvalue weighted by atomic mass is 10.00. The summed E-state index contributed by atoms with van der Waals surface area (Å²) in [7, 11) is 0. The summed E-state index contributed by atoms with van der Waals surface area (Å²) < 4.78 is 2.39. The summed E-state index contributed by atoms with van der Waals surface area (Å²) in [6.07, 6.45) is 5.38. The standard InChI is InChI=1S/C15H17ClN2/c1-11-2-7-14-9-17-15(18(14)10-11)8-12-3-5-13(16)6-4-12/h3-6,9,11H,2,7-8,10H2,1H3. The largest absolute Gasteiger partial charge is 0.332 e. The van der Waals surface area contributed by atoms with Gasteiger partial charge in [0.05, 0.1) is 0 Å². The van der Waals surface area contributed by atoms with E-state index < -0.39 is 0 Å². The number of aromatic nitrogens is 2. The smallest absolute Gasteiger partial charge is 0.113 e. The van der Waals surface area contributed by atoms with E-state index in [1.165, 1.54) is 23.5 Å². The van der Waals surface area contributed by atoms with Crippen molar-refractivity contribution in [3.8, 4) is 0 Å². The molecular formula is C15H17ClN2. The van der Waals surface area contributed by atoms with Gasteiger partial charge in [0.15, 0.2) is 0 Å². The second-order valence-electron chi connectivity index (χ2n) is 5.22. The molecule has 1 unspecified atom stereocenters. The van der Waals surface area contributed by atoms with E-state index in [1.54, 1.807) is 0 Å². The van der Waals surface area contributed by atoms with Crippen LogP contribution < -0.4 is 0 Å². The molecule has 1 aliphatic heterocycles. The molecule has 0 saturated heterocycles. The number of fused-ring (bicyclic) bond motifs is 1. The van der Waals surface area contributed by atoms with Gasteiger partial charge in [0.25, 0.3) is 0 Å². The predicted molar refractivity (Wildman–Crippen MR) is 74.0 cm³/mol. The van der Waals surface area contributed by atoms with Gasteiger partial charge in [0, 0.05) is 29.9 Å². The van der Waals surface area contributed by atoms with Gasteiger partial charge in [-0.25, -0.2) is 4.98 Å². The third-order valence-electron chi connectivity index (χ3n) is 3.68. The van der Waals surface area contributed by atoms with E-state index in [0.717, 1.165) is 30.3 Å². The fraction of sp³-hybridized carbons (Fsp3) is 0.400. The van der Waals surface area contributed by atoms with Crippen molar-refractivity contribution in [1.82, 2.24) is 9.55 Å². The van der Waals surface area contributed by atoms with Crippen LogP contribution in [0.15, 0.2) is 30.5 Å². The molecular weight excluding hydrogens is 244 g/mol. The van der Waals surface area contributed by atoms with Crippen molar-refractivity contribution in [3.63, 3.8) is 0 Å². The Morgan fingerprint density at radius 2 is 2.11 bits per heavy atom. The maximum atomic E-state index is 5.91. The van der Waals surface area contributed by atoms with Crippen molar-refractivity contribution in [2.45, 2.75) is 32.7 Å². The lowest BCUT2D eigenvalue weighted by molar-refractivity contribution is 0.392. The minimum Gasteiger partial charge on any atom is -0.332 e. The molecule has 18 heavy (non-hydrogen) atoms. The molecule has 94 valence electrons. The van der Waals surface area contributed by atoms with Gasteiger partial charge >= 0.3 is 0 Å². The topological polar surface area (TPSA) is 17.8 Å². The van der Waals surface area contributed by atoms with E-state index in [-0.39, 0.29) is 0 Å². The van der Waals surface area contributed by atoms with Crippen LogP contribution in [0.25, 0.3) is 0 Å². The SMILES string of the molecule is CC1CCc2cnc(Cc3ccc(Cl)cc3)n2C1. The van der Waals surface area contributed by atoms with E-state index in [1.807, 2.05) is 18.3 Å². The monoisotopic (exact) mass is 260 g/mol. The molecule has 2 aromatic rings. The Hall–Kier alpha value is -1.28. The summed E-state index contributed by atoms with van der Waals surface area (Å²) in [5, 5.41) is 0.789. The van der Waals surface area contributed by atoms with E-state index in [4.69, 9.17) is 11.6 Å². The first-order valence-electron chi connectivity index (χ1n) is 6.50. The summed E-state index contributed by atoms with van der Waals surface area (Å²) in [4.78, 5) is 4.58. The quantitative estimate of drug-likeness (QED) is 0.805. The lowest BCUT2D eigenvalue weighted by Crippen LogP contribution is -2.19. The van der Waals surface area contributed by atoms with Crippen molar-refractivity contribution < 1.29 is 0 Å². The van der Waals surface area contributed by atoms with E-state index >= 15 is 0 Å². The van der Waals surface area contributed by atoms with Crippen molar-refractivity contribution in [1.29, 1.82) is 0 Å². The Bertz CT molecular complexity index is 542. The number of imidazole rings is 1. The maximum absolute atomic E-state index is 5.91. The van der Waals surface area contributed by atoms with Crippen molar-refractivity contribution in [2.24, 2.45) is 5.92 Å². The van der Waals surface area contributed by atoms with Gasteiger partial charge in [-0.1, -0.05) is 30.7 Å². The summed E-state index contributed by atoms with van der Waals surface area (Å²) in [5.41, 5.74) is 2.66. The van der Waals surface area contributed by atoms with Gasteiger partial charge < -0.3 is 4.57 Å². The molecule has 1 atom stereocenters. The molecule has 1 aliphatic rings. The van der Waals surface area contributed by atoms with Crippen LogP contribution in [0.2, 0.25) is 5.02 Å². The Labute approximate surface area is 113 Å². The Kier molecular flexibility index (Phi) is 3.13. The fourth-order valence-corrected chi connectivity index (χ4v) is 2.73. The Balaban J connectivity index is 1.85. The third-order valence-corrected chi connectivity index (χ3v) is 3.94. The molecule has 0 radical (unpaired) electrons. The molecule has 3 heteroatoms. The molecule has 0 amide bonds. The zero-order chi connectivity index (χ0) is 12.5. The summed E-state index contributed by atoms with van der Waals surface area (Å²) >= 11 is 5.91. The maximum Gasteiger partial charge on any atom is 0.113 e. The molecule has 0 saturated carbocycles. The Morgan fingerprint density at radius 1 is 1.33 bits per heavy atom. The lowest BCUT2D eigenvalue weighted by Gasteiger charge is -2.22. The predicted octanol–water partition coefficient (Wildman–Crippen LogP) is 3.71. The van der Waals surface area contributed by atoms with Gasteiger partial charge in [-0.05, 0) is 36.5 Å². The molecule has 1 aromatic carbocycles. The first-order valence-corrected chi connectivity index (χ1v) is 6.88. The van der Waals surface area contributed by atoms with Crippen LogP contribution in [0, 0.1) is 5.92 Å². The molecule has 0 spiro atoms. The highest BCUT2D eigenvalue weighted by Crippen LogP contribution is 2.22. The van der Waals surface area contributed by atoms with Gasteiger partial charge in [0.1, 0.15) is 5.82 Å².